The number of likely N-dealkylation sites (tertiary alicyclic amines) is 1. The molecule has 3 aliphatic heterocycles. The highest BCUT2D eigenvalue weighted by Gasteiger charge is 2.37. The molecule has 1 atom stereocenters. The first-order chi connectivity index (χ1) is 18.1. The van der Waals surface area contributed by atoms with E-state index in [0.29, 0.717) is 6.42 Å². The fourth-order valence-corrected chi connectivity index (χ4v) is 5.70. The van der Waals surface area contributed by atoms with E-state index in [-0.39, 0.29) is 18.1 Å². The number of aliphatic imine (C=N–C) groups is 1. The average molecular weight is 502 g/mol. The maximum absolute atomic E-state index is 13.1. The van der Waals surface area contributed by atoms with Crippen molar-refractivity contribution in [1.29, 1.82) is 0 Å². The number of para-hydroxylation sites is 1. The first-order valence-corrected chi connectivity index (χ1v) is 13.7. The van der Waals surface area contributed by atoms with Crippen LogP contribution in [-0.4, -0.2) is 57.5 Å². The Morgan fingerprint density at radius 2 is 1.95 bits per heavy atom. The zero-order chi connectivity index (χ0) is 25.8. The largest absolute Gasteiger partial charge is 0.373 e. The molecule has 1 amide bonds. The second kappa shape index (κ2) is 11.2. The molecule has 1 aromatic carbocycles. The number of aryl methyl sites for hydroxylation is 1. The first kappa shape index (κ1) is 25.1. The van der Waals surface area contributed by atoms with Crippen LogP contribution in [0.1, 0.15) is 64.1 Å². The van der Waals surface area contributed by atoms with Crippen molar-refractivity contribution in [3.8, 4) is 0 Å². The van der Waals surface area contributed by atoms with E-state index in [1.54, 1.807) is 0 Å². The maximum Gasteiger partial charge on any atom is 0.227 e. The van der Waals surface area contributed by atoms with Crippen molar-refractivity contribution >= 4 is 17.4 Å². The minimum atomic E-state index is 0.00771. The summed E-state index contributed by atoms with van der Waals surface area (Å²) < 4.78 is 1.96. The zero-order valence-electron chi connectivity index (χ0n) is 22.3. The summed E-state index contributed by atoms with van der Waals surface area (Å²) in [5.41, 5.74) is 4.61. The van der Waals surface area contributed by atoms with Crippen LogP contribution in [0.4, 0.5) is 5.69 Å². The summed E-state index contributed by atoms with van der Waals surface area (Å²) in [6, 6.07) is 10.4. The lowest BCUT2D eigenvalue weighted by atomic mass is 9.99. The van der Waals surface area contributed by atoms with E-state index in [1.165, 1.54) is 5.70 Å². The van der Waals surface area contributed by atoms with Crippen LogP contribution < -0.4 is 10.2 Å². The van der Waals surface area contributed by atoms with Gasteiger partial charge in [-0.3, -0.25) is 9.48 Å². The lowest BCUT2D eigenvalue weighted by Crippen LogP contribution is -2.47. The molecule has 4 heterocycles. The van der Waals surface area contributed by atoms with Crippen LogP contribution in [0.5, 0.6) is 0 Å². The third-order valence-electron chi connectivity index (χ3n) is 7.64. The molecule has 2 fully saturated rings. The second-order valence-electron chi connectivity index (χ2n) is 10.1. The van der Waals surface area contributed by atoms with Gasteiger partial charge in [-0.25, -0.2) is 4.99 Å². The number of benzene rings is 1. The van der Waals surface area contributed by atoms with Crippen molar-refractivity contribution in [3.05, 3.63) is 72.0 Å². The lowest BCUT2D eigenvalue weighted by Gasteiger charge is -2.41. The Bertz CT molecular complexity index is 1170. The summed E-state index contributed by atoms with van der Waals surface area (Å²) in [6.45, 7) is 6.88. The number of carbonyl (C=O) groups excluding carboxylic acids is 1. The molecule has 37 heavy (non-hydrogen) atoms. The van der Waals surface area contributed by atoms with E-state index in [1.807, 2.05) is 35.3 Å². The molecule has 2 saturated heterocycles. The van der Waals surface area contributed by atoms with Crippen LogP contribution in [0, 0.1) is 0 Å². The van der Waals surface area contributed by atoms with Crippen molar-refractivity contribution < 1.29 is 4.79 Å². The highest BCUT2D eigenvalue weighted by atomic mass is 16.2. The first-order valence-electron chi connectivity index (χ1n) is 13.7. The number of hydrogen-bond acceptors (Lipinski definition) is 6. The van der Waals surface area contributed by atoms with Gasteiger partial charge in [-0.2, -0.15) is 5.10 Å². The predicted molar refractivity (Wildman–Crippen MR) is 148 cm³/mol. The van der Waals surface area contributed by atoms with Crippen LogP contribution in [0.2, 0.25) is 0 Å². The number of amides is 1. The van der Waals surface area contributed by atoms with Gasteiger partial charge in [0, 0.05) is 68.5 Å². The molecule has 1 N–H and O–H groups in total. The minimum Gasteiger partial charge on any atom is -0.373 e. The number of anilines is 1. The number of carbonyl (C=O) groups is 1. The van der Waals surface area contributed by atoms with E-state index >= 15 is 0 Å². The number of likely N-dealkylation sites (N-methyl/N-ethyl adjacent to an activating group) is 1. The van der Waals surface area contributed by atoms with Gasteiger partial charge < -0.3 is 20.0 Å². The van der Waals surface area contributed by atoms with Gasteiger partial charge in [0.25, 0.3) is 0 Å². The number of nitrogens with one attached hydrogen (secondary N) is 1. The van der Waals surface area contributed by atoms with Gasteiger partial charge in [0.1, 0.15) is 6.17 Å². The second-order valence-corrected chi connectivity index (χ2v) is 10.1. The smallest absolute Gasteiger partial charge is 0.227 e. The summed E-state index contributed by atoms with van der Waals surface area (Å²) in [4.78, 5) is 24.8. The van der Waals surface area contributed by atoms with Gasteiger partial charge >= 0.3 is 0 Å². The Balaban J connectivity index is 1.37. The summed E-state index contributed by atoms with van der Waals surface area (Å²) >= 11 is 0. The number of piperidine rings is 1. The molecule has 1 aromatic heterocycles. The summed E-state index contributed by atoms with van der Waals surface area (Å²) in [5, 5.41) is 8.28. The fourth-order valence-electron chi connectivity index (χ4n) is 5.70. The van der Waals surface area contributed by atoms with Gasteiger partial charge in [-0.05, 0) is 51.2 Å². The molecule has 0 bridgehead atoms. The summed E-state index contributed by atoms with van der Waals surface area (Å²) in [5.74, 6) is 1.21. The molecule has 2 aromatic rings. The Labute approximate surface area is 220 Å². The van der Waals surface area contributed by atoms with Crippen molar-refractivity contribution in [1.82, 2.24) is 24.9 Å². The van der Waals surface area contributed by atoms with E-state index in [2.05, 4.69) is 70.4 Å². The monoisotopic (exact) mass is 501 g/mol. The van der Waals surface area contributed by atoms with E-state index in [0.717, 1.165) is 74.5 Å². The fraction of sp³-hybridized carbons (Fsp3) is 0.483. The molecule has 0 saturated carbocycles. The Morgan fingerprint density at radius 1 is 1.16 bits per heavy atom. The number of allylic oxidation sites excluding steroid dienone is 2. The third-order valence-corrected chi connectivity index (χ3v) is 7.64. The standard InChI is InChI=1S/C29H39N7O/c1-4-11-26(37)36(23-12-7-6-8-13-23)24-15-18-34(19-16-24)25-14-9-10-17-30-29-27(25)32-28(33(29)3)22-20-31-35(5-2)21-22/h6-8,10,12-13,17,20-21,24,28,32H,4-5,9,11,14-16,18-19H2,1-3H3. The van der Waals surface area contributed by atoms with Crippen molar-refractivity contribution in [2.45, 2.75) is 71.1 Å². The van der Waals surface area contributed by atoms with Crippen LogP contribution >= 0.6 is 0 Å². The van der Waals surface area contributed by atoms with Gasteiger partial charge in [0.05, 0.1) is 11.9 Å². The molecule has 5 rings (SSSR count). The number of nitrogens with zero attached hydrogens (tertiary/aromatic N) is 6. The number of aromatic nitrogens is 2. The molecule has 196 valence electrons. The number of fused-ring (bicyclic) bond motifs is 1. The third kappa shape index (κ3) is 5.15. The molecule has 1 unspecified atom stereocenters. The van der Waals surface area contributed by atoms with Crippen molar-refractivity contribution in [3.63, 3.8) is 0 Å². The lowest BCUT2D eigenvalue weighted by molar-refractivity contribution is -0.119. The Morgan fingerprint density at radius 3 is 2.65 bits per heavy atom. The topological polar surface area (TPSA) is 69.0 Å². The molecule has 3 aliphatic rings. The average Bonchev–Trinajstić information content (AvgIpc) is 3.50. The maximum atomic E-state index is 13.1. The highest BCUT2D eigenvalue weighted by molar-refractivity contribution is 6.01. The van der Waals surface area contributed by atoms with E-state index in [4.69, 9.17) is 4.99 Å². The summed E-state index contributed by atoms with van der Waals surface area (Å²) in [7, 11) is 2.10. The Hall–Kier alpha value is -3.55. The summed E-state index contributed by atoms with van der Waals surface area (Å²) in [6.07, 6.45) is 13.4. The molecule has 8 nitrogen and oxygen atoms in total. The number of amidine groups is 1. The number of rotatable bonds is 7. The molecular weight excluding hydrogens is 462 g/mol. The van der Waals surface area contributed by atoms with Crippen molar-refractivity contribution in [2.24, 2.45) is 4.99 Å². The van der Waals surface area contributed by atoms with Gasteiger partial charge in [0.15, 0.2) is 5.84 Å². The highest BCUT2D eigenvalue weighted by Crippen LogP contribution is 2.33. The zero-order valence-corrected chi connectivity index (χ0v) is 22.3. The quantitative estimate of drug-likeness (QED) is 0.598. The van der Waals surface area contributed by atoms with Gasteiger partial charge in [-0.1, -0.05) is 31.2 Å². The van der Waals surface area contributed by atoms with Crippen LogP contribution in [-0.2, 0) is 11.3 Å². The SMILES string of the molecule is CCCC(=O)N(c1ccccc1)C1CCN(C2=C3NC(c4cnn(CC)c4)N(C)C3=NC=CCC2)CC1. The van der Waals surface area contributed by atoms with Crippen LogP contribution in [0.15, 0.2) is 71.4 Å². The van der Waals surface area contributed by atoms with E-state index < -0.39 is 0 Å². The molecule has 0 spiro atoms. The van der Waals surface area contributed by atoms with Crippen molar-refractivity contribution in [2.75, 3.05) is 25.0 Å². The predicted octanol–water partition coefficient (Wildman–Crippen LogP) is 4.65. The van der Waals surface area contributed by atoms with E-state index in [9.17, 15) is 4.79 Å². The van der Waals surface area contributed by atoms with Gasteiger partial charge in [0.2, 0.25) is 5.91 Å². The minimum absolute atomic E-state index is 0.00771. The van der Waals surface area contributed by atoms with Crippen LogP contribution in [0.25, 0.3) is 0 Å². The normalized spacial score (nSPS) is 20.3. The number of hydrogen-bond donors (Lipinski definition) is 1. The van der Waals surface area contributed by atoms with Crippen LogP contribution in [0.3, 0.4) is 0 Å². The Kier molecular flexibility index (Phi) is 7.63. The molecular formula is C29H39N7O. The molecule has 0 aliphatic carbocycles. The van der Waals surface area contributed by atoms with Gasteiger partial charge in [-0.15, -0.1) is 0 Å². The molecule has 8 heteroatoms. The molecule has 0 radical (unpaired) electrons.